The van der Waals surface area contributed by atoms with Gasteiger partial charge in [-0.3, -0.25) is 4.90 Å². The summed E-state index contributed by atoms with van der Waals surface area (Å²) in [4.78, 5) is 14.0. The van der Waals surface area contributed by atoms with Crippen LogP contribution in [0.5, 0.6) is 11.5 Å². The predicted octanol–water partition coefficient (Wildman–Crippen LogP) is 4.76. The van der Waals surface area contributed by atoms with Crippen LogP contribution in [-0.2, 0) is 4.57 Å². The molecule has 3 aromatic rings. The van der Waals surface area contributed by atoms with Crippen LogP contribution in [0.25, 0.3) is 0 Å². The van der Waals surface area contributed by atoms with Crippen molar-refractivity contribution >= 4 is 52.9 Å². The maximum absolute atomic E-state index is 12.8. The second-order valence-corrected chi connectivity index (χ2v) is 14.3. The Morgan fingerprint density at radius 1 is 1.00 bits per heavy atom. The maximum atomic E-state index is 12.8. The molecule has 3 heterocycles. The summed E-state index contributed by atoms with van der Waals surface area (Å²) in [6.07, 6.45) is 3.79. The van der Waals surface area contributed by atoms with Gasteiger partial charge < -0.3 is 34.9 Å². The van der Waals surface area contributed by atoms with Crippen LogP contribution in [0.2, 0.25) is 5.02 Å². The van der Waals surface area contributed by atoms with Crippen molar-refractivity contribution in [1.29, 1.82) is 0 Å². The molecule has 0 saturated carbocycles. The number of benzene rings is 2. The monoisotopic (exact) mass is 599 g/mol. The lowest BCUT2D eigenvalue weighted by Crippen LogP contribution is -2.52. The Balaban J connectivity index is 1.35. The Hall–Kier alpha value is -3.04. The molecule has 3 N–H and O–H groups in total. The van der Waals surface area contributed by atoms with E-state index in [0.717, 1.165) is 63.1 Å². The molecule has 1 aromatic heterocycles. The SMILES string of the molecule is COc1cc(N2CCC(N3CCNCC3)CC2)cc(OC)c1Nc1ncc(Cl)c(Nc2ccccc2P(C)(C)=O)n1. The van der Waals surface area contributed by atoms with E-state index in [2.05, 4.69) is 35.7 Å². The summed E-state index contributed by atoms with van der Waals surface area (Å²) in [5.74, 6) is 1.96. The third-order valence-electron chi connectivity index (χ3n) is 7.71. The quantitative estimate of drug-likeness (QED) is 0.298. The van der Waals surface area contributed by atoms with Gasteiger partial charge in [-0.2, -0.15) is 4.98 Å². The van der Waals surface area contributed by atoms with Crippen molar-refractivity contribution in [3.63, 3.8) is 0 Å². The average molecular weight is 600 g/mol. The Bertz CT molecular complexity index is 1380. The first-order chi connectivity index (χ1) is 19.8. The number of piperazine rings is 1. The average Bonchev–Trinajstić information content (AvgIpc) is 2.99. The fraction of sp³-hybridized carbons (Fsp3) is 0.448. The van der Waals surface area contributed by atoms with Crippen LogP contribution in [0.4, 0.5) is 28.8 Å². The van der Waals surface area contributed by atoms with Gasteiger partial charge in [-0.15, -0.1) is 0 Å². The zero-order chi connectivity index (χ0) is 29.0. The van der Waals surface area contributed by atoms with Gasteiger partial charge in [0, 0.05) is 68.4 Å². The van der Waals surface area contributed by atoms with Gasteiger partial charge in [0.15, 0.2) is 5.82 Å². The zero-order valence-corrected chi connectivity index (χ0v) is 25.8. The summed E-state index contributed by atoms with van der Waals surface area (Å²) in [5.41, 5.74) is 2.37. The largest absolute Gasteiger partial charge is 0.494 e. The number of methoxy groups -OCH3 is 2. The van der Waals surface area contributed by atoms with E-state index in [1.54, 1.807) is 27.5 Å². The minimum Gasteiger partial charge on any atom is -0.494 e. The molecule has 0 unspecified atom stereocenters. The van der Waals surface area contributed by atoms with Crippen LogP contribution in [0, 0.1) is 0 Å². The second kappa shape index (κ2) is 12.9. The number of para-hydroxylation sites is 1. The first-order valence-electron chi connectivity index (χ1n) is 13.9. The molecule has 12 heteroatoms. The highest BCUT2D eigenvalue weighted by atomic mass is 35.5. The van der Waals surface area contributed by atoms with Crippen LogP contribution in [0.15, 0.2) is 42.6 Å². The van der Waals surface area contributed by atoms with Crippen molar-refractivity contribution in [3.8, 4) is 11.5 Å². The van der Waals surface area contributed by atoms with Crippen molar-refractivity contribution in [1.82, 2.24) is 20.2 Å². The van der Waals surface area contributed by atoms with E-state index in [4.69, 9.17) is 21.1 Å². The molecule has 5 rings (SSSR count). The van der Waals surface area contributed by atoms with Gasteiger partial charge in [-0.25, -0.2) is 4.98 Å². The molecule has 0 atom stereocenters. The Morgan fingerprint density at radius 3 is 2.29 bits per heavy atom. The summed E-state index contributed by atoms with van der Waals surface area (Å²) >= 11 is 6.45. The standard InChI is InChI=1S/C29H39ClN7O3P/c1-39-24-17-21(36-13-9-20(10-14-36)37-15-11-31-12-16-37)18-25(40-2)27(24)34-29-32-19-22(30)28(35-29)33-23-7-5-6-8-26(23)41(3,4)38/h5-8,17-20,31H,9-16H2,1-4H3,(H2,32,33,34,35). The highest BCUT2D eigenvalue weighted by Gasteiger charge is 2.27. The number of hydrogen-bond acceptors (Lipinski definition) is 10. The van der Waals surface area contributed by atoms with E-state index >= 15 is 0 Å². The van der Waals surface area contributed by atoms with E-state index < -0.39 is 7.14 Å². The minimum atomic E-state index is -2.53. The summed E-state index contributed by atoms with van der Waals surface area (Å²) in [6.45, 7) is 9.83. The van der Waals surface area contributed by atoms with Gasteiger partial charge >= 0.3 is 0 Å². The number of aromatic nitrogens is 2. The molecule has 2 aliphatic heterocycles. The fourth-order valence-electron chi connectivity index (χ4n) is 5.54. The highest BCUT2D eigenvalue weighted by Crippen LogP contribution is 2.42. The smallest absolute Gasteiger partial charge is 0.229 e. The molecule has 2 fully saturated rings. The Morgan fingerprint density at radius 2 is 1.66 bits per heavy atom. The fourth-order valence-corrected chi connectivity index (χ4v) is 6.84. The topological polar surface area (TPSA) is 104 Å². The van der Waals surface area contributed by atoms with Gasteiger partial charge in [-0.1, -0.05) is 23.7 Å². The molecular weight excluding hydrogens is 561 g/mol. The molecular formula is C29H39ClN7O3P. The van der Waals surface area contributed by atoms with E-state index in [-0.39, 0.29) is 0 Å². The molecule has 0 aliphatic carbocycles. The minimum absolute atomic E-state index is 0.312. The molecule has 10 nitrogen and oxygen atoms in total. The van der Waals surface area contributed by atoms with Gasteiger partial charge in [-0.05, 0) is 38.3 Å². The number of halogens is 1. The lowest BCUT2D eigenvalue weighted by atomic mass is 10.0. The van der Waals surface area contributed by atoms with Crippen molar-refractivity contribution in [2.75, 3.05) is 82.4 Å². The molecule has 2 aliphatic rings. The summed E-state index contributed by atoms with van der Waals surface area (Å²) < 4.78 is 24.4. The highest BCUT2D eigenvalue weighted by molar-refractivity contribution is 7.70. The van der Waals surface area contributed by atoms with E-state index in [1.807, 2.05) is 36.4 Å². The van der Waals surface area contributed by atoms with Crippen molar-refractivity contribution < 1.29 is 14.0 Å². The molecule has 0 bridgehead atoms. The first-order valence-corrected chi connectivity index (χ1v) is 16.9. The van der Waals surface area contributed by atoms with Crippen molar-refractivity contribution in [2.24, 2.45) is 0 Å². The van der Waals surface area contributed by atoms with E-state index in [0.29, 0.717) is 45.7 Å². The van der Waals surface area contributed by atoms with Gasteiger partial charge in [0.2, 0.25) is 5.95 Å². The molecule has 0 amide bonds. The lowest BCUT2D eigenvalue weighted by molar-refractivity contribution is 0.150. The molecule has 0 radical (unpaired) electrons. The number of ether oxygens (including phenoxy) is 2. The number of anilines is 5. The van der Waals surface area contributed by atoms with Gasteiger partial charge in [0.05, 0.1) is 26.1 Å². The van der Waals surface area contributed by atoms with E-state index in [9.17, 15) is 4.57 Å². The van der Waals surface area contributed by atoms with Crippen LogP contribution in [0.3, 0.4) is 0 Å². The third kappa shape index (κ3) is 6.89. The van der Waals surface area contributed by atoms with Crippen molar-refractivity contribution in [2.45, 2.75) is 18.9 Å². The van der Waals surface area contributed by atoms with Gasteiger partial charge in [0.1, 0.15) is 29.4 Å². The first kappa shape index (κ1) is 29.5. The number of nitrogens with one attached hydrogen (secondary N) is 3. The summed E-state index contributed by atoms with van der Waals surface area (Å²) in [5, 5.41) is 11.0. The third-order valence-corrected chi connectivity index (χ3v) is 9.53. The molecule has 2 saturated heterocycles. The molecule has 220 valence electrons. The van der Waals surface area contributed by atoms with Crippen LogP contribution >= 0.6 is 18.7 Å². The summed E-state index contributed by atoms with van der Waals surface area (Å²) in [7, 11) is 0.749. The number of rotatable bonds is 9. The predicted molar refractivity (Wildman–Crippen MR) is 168 cm³/mol. The number of hydrogen-bond donors (Lipinski definition) is 3. The van der Waals surface area contributed by atoms with Crippen molar-refractivity contribution in [3.05, 3.63) is 47.6 Å². The van der Waals surface area contributed by atoms with Crippen LogP contribution in [-0.4, -0.2) is 87.7 Å². The normalized spacial score (nSPS) is 16.9. The maximum Gasteiger partial charge on any atom is 0.229 e. The van der Waals surface area contributed by atoms with Crippen LogP contribution in [0.1, 0.15) is 12.8 Å². The van der Waals surface area contributed by atoms with Gasteiger partial charge in [0.25, 0.3) is 0 Å². The lowest BCUT2D eigenvalue weighted by Gasteiger charge is -2.41. The Kier molecular flexibility index (Phi) is 9.24. The zero-order valence-electron chi connectivity index (χ0n) is 24.1. The molecule has 41 heavy (non-hydrogen) atoms. The van der Waals surface area contributed by atoms with Crippen LogP contribution < -0.4 is 35.6 Å². The number of nitrogens with zero attached hydrogens (tertiary/aromatic N) is 4. The van der Waals surface area contributed by atoms with E-state index in [1.165, 1.54) is 6.20 Å². The number of piperidine rings is 1. The second-order valence-electron chi connectivity index (χ2n) is 10.7. The molecule has 2 aromatic carbocycles. The Labute approximate surface area is 247 Å². The summed E-state index contributed by atoms with van der Waals surface area (Å²) in [6, 6.07) is 12.1. The molecule has 0 spiro atoms.